The van der Waals surface area contributed by atoms with Crippen molar-refractivity contribution in [2.75, 3.05) is 6.61 Å². The smallest absolute Gasteiger partial charge is 0.330 e. The summed E-state index contributed by atoms with van der Waals surface area (Å²) >= 11 is 1.80. The first-order valence-electron chi connectivity index (χ1n) is 4.98. The van der Waals surface area contributed by atoms with Crippen molar-refractivity contribution in [3.05, 3.63) is 30.6 Å². The number of nitrogens with zero attached hydrogens (tertiary/aromatic N) is 1. The number of aromatic nitrogens is 2. The highest BCUT2D eigenvalue weighted by molar-refractivity contribution is 14.1. The van der Waals surface area contributed by atoms with Crippen molar-refractivity contribution >= 4 is 22.6 Å². The number of hydrogen-bond acceptors (Lipinski definition) is 5. The maximum atomic E-state index is 11.6. The number of halogens is 1. The molecule has 7 nitrogen and oxygen atoms in total. The molecule has 0 saturated carbocycles. The van der Waals surface area contributed by atoms with Gasteiger partial charge in [-0.1, -0.05) is 0 Å². The summed E-state index contributed by atoms with van der Waals surface area (Å²) in [5.41, 5.74) is -1.05. The van der Waals surface area contributed by atoms with Crippen LogP contribution in [0.1, 0.15) is 12.6 Å². The van der Waals surface area contributed by atoms with Crippen LogP contribution in [0.4, 0.5) is 0 Å². The summed E-state index contributed by atoms with van der Waals surface area (Å²) in [5, 5.41) is 18.5. The fourth-order valence-corrected chi connectivity index (χ4v) is 2.16. The summed E-state index contributed by atoms with van der Waals surface area (Å²) in [6.07, 6.45) is -0.607. The van der Waals surface area contributed by atoms with E-state index in [1.807, 2.05) is 0 Å². The second kappa shape index (κ2) is 4.88. The zero-order valence-corrected chi connectivity index (χ0v) is 10.8. The minimum atomic E-state index is -0.818. The molecule has 2 rings (SSSR count). The van der Waals surface area contributed by atoms with Crippen LogP contribution in [0.15, 0.2) is 15.8 Å². The van der Waals surface area contributed by atoms with E-state index in [9.17, 15) is 14.7 Å². The Hall–Kier alpha value is -0.710. The third kappa shape index (κ3) is 2.44. The first-order chi connectivity index (χ1) is 8.02. The molecule has 1 fully saturated rings. The van der Waals surface area contributed by atoms with Gasteiger partial charge in [0.2, 0.25) is 0 Å². The van der Waals surface area contributed by atoms with Gasteiger partial charge in [-0.25, -0.2) is 4.79 Å². The predicted molar refractivity (Wildman–Crippen MR) is 65.7 cm³/mol. The Labute approximate surface area is 109 Å². The van der Waals surface area contributed by atoms with Crippen LogP contribution >= 0.6 is 22.6 Å². The van der Waals surface area contributed by atoms with Crippen molar-refractivity contribution < 1.29 is 14.9 Å². The number of aliphatic hydroxyl groups is 2. The fourth-order valence-electron chi connectivity index (χ4n) is 1.72. The van der Waals surface area contributed by atoms with Crippen molar-refractivity contribution in [1.29, 1.82) is 0 Å². The lowest BCUT2D eigenvalue weighted by Gasteiger charge is -2.14. The van der Waals surface area contributed by atoms with Crippen LogP contribution in [0.3, 0.4) is 0 Å². The van der Waals surface area contributed by atoms with Crippen molar-refractivity contribution in [3.8, 4) is 0 Å². The second-order valence-electron chi connectivity index (χ2n) is 3.76. The maximum absolute atomic E-state index is 11.6. The Bertz CT molecular complexity index is 525. The van der Waals surface area contributed by atoms with Gasteiger partial charge in [-0.05, 0) is 22.6 Å². The Morgan fingerprint density at radius 3 is 2.88 bits per heavy atom. The first-order valence-corrected chi connectivity index (χ1v) is 6.06. The summed E-state index contributed by atoms with van der Waals surface area (Å²) in [7, 11) is 0. The monoisotopic (exact) mass is 354 g/mol. The van der Waals surface area contributed by atoms with E-state index in [0.717, 1.165) is 0 Å². The van der Waals surface area contributed by atoms with Crippen LogP contribution < -0.4 is 11.2 Å². The summed E-state index contributed by atoms with van der Waals surface area (Å²) in [5.74, 6) is 0. The molecule has 17 heavy (non-hydrogen) atoms. The van der Waals surface area contributed by atoms with Crippen LogP contribution in [0.5, 0.6) is 0 Å². The van der Waals surface area contributed by atoms with Crippen molar-refractivity contribution in [2.24, 2.45) is 0 Å². The molecule has 0 aliphatic carbocycles. The minimum absolute atomic E-state index is 0.202. The zero-order valence-electron chi connectivity index (χ0n) is 8.67. The third-order valence-corrected chi connectivity index (χ3v) is 3.39. The van der Waals surface area contributed by atoms with Crippen molar-refractivity contribution in [3.63, 3.8) is 0 Å². The largest absolute Gasteiger partial charge is 0.394 e. The molecule has 0 aromatic carbocycles. The molecule has 2 heterocycles. The minimum Gasteiger partial charge on any atom is -0.394 e. The van der Waals surface area contributed by atoms with Crippen molar-refractivity contribution in [1.82, 2.24) is 9.55 Å². The Morgan fingerprint density at radius 2 is 2.29 bits per heavy atom. The van der Waals surface area contributed by atoms with Gasteiger partial charge in [-0.15, -0.1) is 0 Å². The van der Waals surface area contributed by atoms with E-state index in [1.54, 1.807) is 22.6 Å². The number of hydrogen-bond donors (Lipinski definition) is 3. The van der Waals surface area contributed by atoms with Gasteiger partial charge in [0.05, 0.1) is 16.3 Å². The molecule has 0 radical (unpaired) electrons. The highest BCUT2D eigenvalue weighted by Crippen LogP contribution is 2.27. The average Bonchev–Trinajstić information content (AvgIpc) is 2.65. The van der Waals surface area contributed by atoms with Crippen LogP contribution in [-0.2, 0) is 4.74 Å². The predicted octanol–water partition coefficient (Wildman–Crippen LogP) is -1.22. The molecule has 1 aromatic heterocycles. The molecule has 1 aliphatic rings. The molecular weight excluding hydrogens is 343 g/mol. The lowest BCUT2D eigenvalue weighted by molar-refractivity contribution is -0.0459. The van der Waals surface area contributed by atoms with Crippen LogP contribution in [0, 0.1) is 3.57 Å². The van der Waals surface area contributed by atoms with Crippen LogP contribution in [-0.4, -0.2) is 38.6 Å². The molecule has 0 spiro atoms. The topological polar surface area (TPSA) is 105 Å². The normalized spacial score (nSPS) is 28.5. The lowest BCUT2D eigenvalue weighted by atomic mass is 10.2. The molecule has 1 saturated heterocycles. The number of H-pyrrole nitrogens is 1. The van der Waals surface area contributed by atoms with Gasteiger partial charge < -0.3 is 14.9 Å². The highest BCUT2D eigenvalue weighted by atomic mass is 127. The second-order valence-corrected chi connectivity index (χ2v) is 4.92. The van der Waals surface area contributed by atoms with E-state index in [0.29, 0.717) is 3.57 Å². The van der Waals surface area contributed by atoms with Crippen LogP contribution in [0.2, 0.25) is 0 Å². The molecule has 3 N–H and O–H groups in total. The van der Waals surface area contributed by atoms with E-state index in [-0.39, 0.29) is 13.0 Å². The molecule has 2 unspecified atom stereocenters. The van der Waals surface area contributed by atoms with Gasteiger partial charge in [0.25, 0.3) is 5.56 Å². The SMILES string of the molecule is O=c1[nH]c(=O)n([C@H]2CC(O)C(CO)O2)cc1I. The summed E-state index contributed by atoms with van der Waals surface area (Å²) in [4.78, 5) is 24.9. The Kier molecular flexibility index (Phi) is 3.66. The number of rotatable bonds is 2. The Morgan fingerprint density at radius 1 is 1.59 bits per heavy atom. The van der Waals surface area contributed by atoms with E-state index in [4.69, 9.17) is 9.84 Å². The standard InChI is InChI=1S/C9H11IN2O5/c10-4-2-12(9(16)11-8(4)15)7-1-5(14)6(3-13)17-7/h2,5-7,13-14H,1,3H2,(H,11,15,16)/t5?,6?,7-/m1/s1. The molecule has 1 aromatic rings. The average molecular weight is 354 g/mol. The molecule has 3 atom stereocenters. The van der Waals surface area contributed by atoms with E-state index in [1.165, 1.54) is 10.8 Å². The number of ether oxygens (including phenoxy) is 1. The molecule has 1 aliphatic heterocycles. The first kappa shape index (κ1) is 12.7. The van der Waals surface area contributed by atoms with Gasteiger partial charge >= 0.3 is 5.69 Å². The Balaban J connectivity index is 2.34. The quantitative estimate of drug-likeness (QED) is 0.578. The number of nitrogens with one attached hydrogen (secondary N) is 1. The lowest BCUT2D eigenvalue weighted by Crippen LogP contribution is -2.33. The molecule has 8 heteroatoms. The zero-order chi connectivity index (χ0) is 12.6. The van der Waals surface area contributed by atoms with E-state index < -0.39 is 29.7 Å². The number of aromatic amines is 1. The third-order valence-electron chi connectivity index (χ3n) is 2.62. The van der Waals surface area contributed by atoms with Gasteiger partial charge in [0.15, 0.2) is 0 Å². The van der Waals surface area contributed by atoms with Crippen LogP contribution in [0.25, 0.3) is 0 Å². The molecular formula is C9H11IN2O5. The van der Waals surface area contributed by atoms with Gasteiger partial charge in [0.1, 0.15) is 12.3 Å². The summed E-state index contributed by atoms with van der Waals surface area (Å²) < 4.78 is 6.89. The molecule has 94 valence electrons. The number of aliphatic hydroxyl groups excluding tert-OH is 2. The van der Waals surface area contributed by atoms with E-state index >= 15 is 0 Å². The molecule has 0 bridgehead atoms. The maximum Gasteiger partial charge on any atom is 0.330 e. The van der Waals surface area contributed by atoms with Gasteiger partial charge in [-0.2, -0.15) is 0 Å². The fraction of sp³-hybridized carbons (Fsp3) is 0.556. The van der Waals surface area contributed by atoms with Crippen molar-refractivity contribution in [2.45, 2.75) is 24.9 Å². The molecule has 0 amide bonds. The van der Waals surface area contributed by atoms with Gasteiger partial charge in [-0.3, -0.25) is 14.3 Å². The summed E-state index contributed by atoms with van der Waals surface area (Å²) in [6, 6.07) is 0. The highest BCUT2D eigenvalue weighted by Gasteiger charge is 2.34. The summed E-state index contributed by atoms with van der Waals surface area (Å²) in [6.45, 7) is -0.313. The van der Waals surface area contributed by atoms with E-state index in [2.05, 4.69) is 4.98 Å². The van der Waals surface area contributed by atoms with Gasteiger partial charge in [0, 0.05) is 12.6 Å².